The summed E-state index contributed by atoms with van der Waals surface area (Å²) in [6, 6.07) is 8.08. The molecular weight excluding hydrogens is 319 g/mol. The predicted molar refractivity (Wildman–Crippen MR) is 85.7 cm³/mol. The first-order valence-corrected chi connectivity index (χ1v) is 7.45. The van der Waals surface area contributed by atoms with E-state index >= 15 is 0 Å². The molecule has 0 spiro atoms. The Labute approximate surface area is 136 Å². The van der Waals surface area contributed by atoms with Gasteiger partial charge in [0.05, 0.1) is 30.3 Å². The molecule has 0 saturated carbocycles. The zero-order chi connectivity index (χ0) is 15.8. The summed E-state index contributed by atoms with van der Waals surface area (Å²) in [4.78, 5) is 6.33. The van der Waals surface area contributed by atoms with Crippen LogP contribution in [-0.2, 0) is 0 Å². The Morgan fingerprint density at radius 2 is 2.17 bits per heavy atom. The largest absolute Gasteiger partial charge is 0.488 e. The summed E-state index contributed by atoms with van der Waals surface area (Å²) >= 11 is 5.98. The molecule has 7 heteroatoms. The molecule has 3 aromatic rings. The van der Waals surface area contributed by atoms with Gasteiger partial charge in [0.1, 0.15) is 18.2 Å². The van der Waals surface area contributed by atoms with E-state index < -0.39 is 0 Å². The summed E-state index contributed by atoms with van der Waals surface area (Å²) in [5.41, 5.74) is 1.67. The SMILES string of the molecule is Fc1ccc(Cl)cc1-c1cc2c(cn1)OCCN2c1ccn[nH]1. The van der Waals surface area contributed by atoms with Crippen molar-refractivity contribution in [2.75, 3.05) is 18.1 Å². The molecule has 0 amide bonds. The highest BCUT2D eigenvalue weighted by Gasteiger charge is 2.22. The molecule has 0 atom stereocenters. The van der Waals surface area contributed by atoms with Crippen LogP contribution in [0.25, 0.3) is 11.3 Å². The molecule has 1 N–H and O–H groups in total. The zero-order valence-electron chi connectivity index (χ0n) is 12.0. The van der Waals surface area contributed by atoms with E-state index in [0.717, 1.165) is 11.5 Å². The van der Waals surface area contributed by atoms with Crippen LogP contribution < -0.4 is 9.64 Å². The third-order valence-corrected chi connectivity index (χ3v) is 3.93. The Morgan fingerprint density at radius 3 is 3.00 bits per heavy atom. The van der Waals surface area contributed by atoms with Gasteiger partial charge in [-0.15, -0.1) is 0 Å². The van der Waals surface area contributed by atoms with Crippen molar-refractivity contribution in [3.05, 3.63) is 53.6 Å². The minimum absolute atomic E-state index is 0.357. The molecule has 0 fully saturated rings. The van der Waals surface area contributed by atoms with Crippen LogP contribution in [0.3, 0.4) is 0 Å². The number of ether oxygens (including phenoxy) is 1. The second kappa shape index (κ2) is 5.55. The molecule has 0 aliphatic carbocycles. The van der Waals surface area contributed by atoms with E-state index in [1.165, 1.54) is 12.1 Å². The van der Waals surface area contributed by atoms with Crippen LogP contribution in [0, 0.1) is 5.82 Å². The molecule has 3 heterocycles. The molecule has 1 aromatic carbocycles. The van der Waals surface area contributed by atoms with Crippen molar-refractivity contribution in [2.45, 2.75) is 0 Å². The average Bonchev–Trinajstić information content (AvgIpc) is 3.10. The first-order valence-electron chi connectivity index (χ1n) is 7.07. The highest BCUT2D eigenvalue weighted by Crippen LogP contribution is 2.38. The second-order valence-electron chi connectivity index (χ2n) is 5.10. The van der Waals surface area contributed by atoms with Crippen LogP contribution in [0.15, 0.2) is 42.7 Å². The number of nitrogens with one attached hydrogen (secondary N) is 1. The standard InChI is InChI=1S/C16H12ClFN4O/c17-10-1-2-12(18)11(7-10)13-8-14-15(9-19-13)23-6-5-22(14)16-3-4-20-21-16/h1-4,7-9H,5-6H2,(H,20,21). The van der Waals surface area contributed by atoms with E-state index in [1.54, 1.807) is 24.5 Å². The van der Waals surface area contributed by atoms with Crippen LogP contribution in [0.1, 0.15) is 0 Å². The molecule has 5 nitrogen and oxygen atoms in total. The van der Waals surface area contributed by atoms with Gasteiger partial charge in [-0.2, -0.15) is 5.10 Å². The fourth-order valence-electron chi connectivity index (χ4n) is 2.61. The van der Waals surface area contributed by atoms with Crippen LogP contribution in [0.5, 0.6) is 5.75 Å². The molecule has 1 aliphatic heterocycles. The van der Waals surface area contributed by atoms with Gasteiger partial charge in [-0.25, -0.2) is 4.39 Å². The lowest BCUT2D eigenvalue weighted by Crippen LogP contribution is -2.29. The number of halogens is 2. The average molecular weight is 331 g/mol. The normalized spacial score (nSPS) is 13.6. The number of anilines is 2. The minimum Gasteiger partial charge on any atom is -0.488 e. The van der Waals surface area contributed by atoms with E-state index in [9.17, 15) is 4.39 Å². The molecule has 23 heavy (non-hydrogen) atoms. The van der Waals surface area contributed by atoms with Crippen molar-refractivity contribution in [3.63, 3.8) is 0 Å². The lowest BCUT2D eigenvalue weighted by Gasteiger charge is -2.29. The Kier molecular flexibility index (Phi) is 3.38. The predicted octanol–water partition coefficient (Wildman–Crippen LogP) is 3.79. The Morgan fingerprint density at radius 1 is 1.26 bits per heavy atom. The number of benzene rings is 1. The summed E-state index contributed by atoms with van der Waals surface area (Å²) in [6.07, 6.45) is 3.29. The maximum absolute atomic E-state index is 14.1. The van der Waals surface area contributed by atoms with Crippen molar-refractivity contribution in [1.29, 1.82) is 0 Å². The van der Waals surface area contributed by atoms with E-state index in [1.807, 2.05) is 11.0 Å². The van der Waals surface area contributed by atoms with Crippen LogP contribution >= 0.6 is 11.6 Å². The van der Waals surface area contributed by atoms with Gasteiger partial charge < -0.3 is 9.64 Å². The van der Waals surface area contributed by atoms with Crippen molar-refractivity contribution >= 4 is 23.1 Å². The monoisotopic (exact) mass is 330 g/mol. The maximum Gasteiger partial charge on any atom is 0.161 e. The van der Waals surface area contributed by atoms with Gasteiger partial charge in [0.2, 0.25) is 0 Å². The summed E-state index contributed by atoms with van der Waals surface area (Å²) in [5.74, 6) is 1.13. The van der Waals surface area contributed by atoms with Crippen molar-refractivity contribution in [2.24, 2.45) is 0 Å². The summed E-state index contributed by atoms with van der Waals surface area (Å²) in [6.45, 7) is 1.20. The smallest absolute Gasteiger partial charge is 0.161 e. The third kappa shape index (κ3) is 2.51. The van der Waals surface area contributed by atoms with E-state index in [4.69, 9.17) is 16.3 Å². The molecular formula is C16H12ClFN4O. The van der Waals surface area contributed by atoms with E-state index in [0.29, 0.717) is 35.2 Å². The lowest BCUT2D eigenvalue weighted by molar-refractivity contribution is 0.312. The van der Waals surface area contributed by atoms with Gasteiger partial charge in [-0.1, -0.05) is 11.6 Å². The fraction of sp³-hybridized carbons (Fsp3) is 0.125. The van der Waals surface area contributed by atoms with Crippen LogP contribution in [0.4, 0.5) is 15.9 Å². The zero-order valence-corrected chi connectivity index (χ0v) is 12.7. The molecule has 0 unspecified atom stereocenters. The Hall–Kier alpha value is -2.60. The highest BCUT2D eigenvalue weighted by molar-refractivity contribution is 6.30. The summed E-state index contributed by atoms with van der Waals surface area (Å²) < 4.78 is 19.7. The molecule has 0 bridgehead atoms. The minimum atomic E-state index is -0.369. The van der Waals surface area contributed by atoms with Gasteiger partial charge in [0.15, 0.2) is 5.75 Å². The quantitative estimate of drug-likeness (QED) is 0.776. The number of H-pyrrole nitrogens is 1. The van der Waals surface area contributed by atoms with Gasteiger partial charge in [0, 0.05) is 16.7 Å². The number of hydrogen-bond acceptors (Lipinski definition) is 4. The number of aromatic amines is 1. The maximum atomic E-state index is 14.1. The first kappa shape index (κ1) is 14.0. The molecule has 1 aliphatic rings. The van der Waals surface area contributed by atoms with Gasteiger partial charge in [0.25, 0.3) is 0 Å². The van der Waals surface area contributed by atoms with Crippen LogP contribution in [0.2, 0.25) is 5.02 Å². The van der Waals surface area contributed by atoms with Crippen molar-refractivity contribution in [1.82, 2.24) is 15.2 Å². The number of nitrogens with zero attached hydrogens (tertiary/aromatic N) is 3. The third-order valence-electron chi connectivity index (χ3n) is 3.69. The number of hydrogen-bond donors (Lipinski definition) is 1. The topological polar surface area (TPSA) is 54.0 Å². The number of fused-ring (bicyclic) bond motifs is 1. The first-order chi connectivity index (χ1) is 11.2. The van der Waals surface area contributed by atoms with Gasteiger partial charge in [-0.3, -0.25) is 10.1 Å². The van der Waals surface area contributed by atoms with Crippen molar-refractivity contribution in [3.8, 4) is 17.0 Å². The summed E-state index contributed by atoms with van der Waals surface area (Å²) in [7, 11) is 0. The molecule has 2 aromatic heterocycles. The molecule has 4 rings (SSSR count). The summed E-state index contributed by atoms with van der Waals surface area (Å²) in [5, 5.41) is 7.37. The molecule has 116 valence electrons. The van der Waals surface area contributed by atoms with E-state index in [-0.39, 0.29) is 5.82 Å². The number of pyridine rings is 1. The van der Waals surface area contributed by atoms with Gasteiger partial charge >= 0.3 is 0 Å². The molecule has 0 radical (unpaired) electrons. The number of rotatable bonds is 2. The lowest BCUT2D eigenvalue weighted by atomic mass is 10.1. The fourth-order valence-corrected chi connectivity index (χ4v) is 2.78. The number of aromatic nitrogens is 3. The van der Waals surface area contributed by atoms with Crippen molar-refractivity contribution < 1.29 is 9.13 Å². The van der Waals surface area contributed by atoms with Gasteiger partial charge in [-0.05, 0) is 24.3 Å². The van der Waals surface area contributed by atoms with E-state index in [2.05, 4.69) is 15.2 Å². The molecule has 0 saturated heterocycles. The highest BCUT2D eigenvalue weighted by atomic mass is 35.5. The Bertz CT molecular complexity index is 853. The van der Waals surface area contributed by atoms with Crippen LogP contribution in [-0.4, -0.2) is 28.3 Å². The Balaban J connectivity index is 1.83. The second-order valence-corrected chi connectivity index (χ2v) is 5.54.